The molecule has 82 valence electrons. The van der Waals surface area contributed by atoms with Gasteiger partial charge in [-0.05, 0) is 0 Å². The van der Waals surface area contributed by atoms with E-state index in [1.807, 2.05) is 18.0 Å². The number of hydrogen-bond acceptors (Lipinski definition) is 4. The average Bonchev–Trinajstić information content (AvgIpc) is 2.80. The highest BCUT2D eigenvalue weighted by Gasteiger charge is 2.27. The zero-order chi connectivity index (χ0) is 11.3. The molecule has 3 heterocycles. The van der Waals surface area contributed by atoms with E-state index in [4.69, 9.17) is 9.52 Å². The first-order valence-corrected chi connectivity index (χ1v) is 4.77. The second-order valence-corrected chi connectivity index (χ2v) is 3.68. The second kappa shape index (κ2) is 2.88. The van der Waals surface area contributed by atoms with E-state index < -0.39 is 5.97 Å². The van der Waals surface area contributed by atoms with Crippen LogP contribution in [0.2, 0.25) is 0 Å². The second-order valence-electron chi connectivity index (χ2n) is 3.68. The molecule has 0 radical (unpaired) electrons. The van der Waals surface area contributed by atoms with Crippen molar-refractivity contribution < 1.29 is 14.3 Å². The average molecular weight is 219 g/mol. The van der Waals surface area contributed by atoms with E-state index in [-0.39, 0.29) is 5.69 Å². The third-order valence-corrected chi connectivity index (χ3v) is 2.71. The zero-order valence-electron chi connectivity index (χ0n) is 8.54. The van der Waals surface area contributed by atoms with Crippen LogP contribution in [-0.2, 0) is 6.54 Å². The molecule has 3 rings (SSSR count). The monoisotopic (exact) mass is 219 g/mol. The van der Waals surface area contributed by atoms with Crippen molar-refractivity contribution in [2.45, 2.75) is 6.54 Å². The number of carbonyl (C=O) groups is 1. The molecule has 0 aromatic carbocycles. The van der Waals surface area contributed by atoms with Crippen molar-refractivity contribution >= 4 is 11.7 Å². The van der Waals surface area contributed by atoms with Gasteiger partial charge in [0.05, 0.1) is 18.5 Å². The minimum Gasteiger partial charge on any atom is -0.476 e. The summed E-state index contributed by atoms with van der Waals surface area (Å²) in [7, 11) is 1.89. The third-order valence-electron chi connectivity index (χ3n) is 2.71. The number of fused-ring (bicyclic) bond motifs is 3. The van der Waals surface area contributed by atoms with Crippen LogP contribution in [0.4, 0.5) is 5.69 Å². The molecule has 0 atom stereocenters. The number of carboxylic acids is 1. The van der Waals surface area contributed by atoms with E-state index in [0.717, 1.165) is 5.69 Å². The Morgan fingerprint density at radius 1 is 1.62 bits per heavy atom. The van der Waals surface area contributed by atoms with Crippen LogP contribution in [-0.4, -0.2) is 27.7 Å². The molecule has 0 fully saturated rings. The molecule has 2 aromatic rings. The maximum atomic E-state index is 11.0. The SMILES string of the molecule is CN1Cc2c(C(=O)O)ncn2-c2occc21. The maximum Gasteiger partial charge on any atom is 0.356 e. The molecule has 6 nitrogen and oxygen atoms in total. The quantitative estimate of drug-likeness (QED) is 0.777. The van der Waals surface area contributed by atoms with Crippen molar-refractivity contribution in [3.8, 4) is 5.88 Å². The van der Waals surface area contributed by atoms with Crippen LogP contribution < -0.4 is 4.90 Å². The van der Waals surface area contributed by atoms with E-state index in [1.54, 1.807) is 10.8 Å². The van der Waals surface area contributed by atoms with Gasteiger partial charge in [0.15, 0.2) is 5.69 Å². The van der Waals surface area contributed by atoms with Crippen LogP contribution in [0, 0.1) is 0 Å². The lowest BCUT2D eigenvalue weighted by molar-refractivity contribution is 0.0689. The third kappa shape index (κ3) is 1.01. The number of carboxylic acid groups (broad SMARTS) is 1. The molecular formula is C10H9N3O3. The number of nitrogens with zero attached hydrogens (tertiary/aromatic N) is 3. The van der Waals surface area contributed by atoms with Gasteiger partial charge in [0.25, 0.3) is 0 Å². The smallest absolute Gasteiger partial charge is 0.356 e. The number of anilines is 1. The molecule has 2 aromatic heterocycles. The molecule has 0 spiro atoms. The van der Waals surface area contributed by atoms with Crippen LogP contribution in [0.25, 0.3) is 5.88 Å². The van der Waals surface area contributed by atoms with Gasteiger partial charge in [-0.25, -0.2) is 9.78 Å². The van der Waals surface area contributed by atoms with E-state index in [1.165, 1.54) is 6.33 Å². The van der Waals surface area contributed by atoms with Gasteiger partial charge in [-0.15, -0.1) is 0 Å². The number of furan rings is 1. The molecule has 1 aliphatic rings. The van der Waals surface area contributed by atoms with Crippen LogP contribution >= 0.6 is 0 Å². The molecule has 0 amide bonds. The lowest BCUT2D eigenvalue weighted by Gasteiger charge is -2.24. The Morgan fingerprint density at radius 2 is 2.44 bits per heavy atom. The number of hydrogen-bond donors (Lipinski definition) is 1. The van der Waals surface area contributed by atoms with Crippen LogP contribution in [0.1, 0.15) is 16.2 Å². The Labute approximate surface area is 90.7 Å². The Kier molecular flexibility index (Phi) is 1.62. The highest BCUT2D eigenvalue weighted by molar-refractivity contribution is 5.87. The van der Waals surface area contributed by atoms with Crippen LogP contribution in [0.5, 0.6) is 0 Å². The Balaban J connectivity index is 2.25. The summed E-state index contributed by atoms with van der Waals surface area (Å²) in [5, 5.41) is 8.99. The molecule has 0 saturated heterocycles. The van der Waals surface area contributed by atoms with E-state index in [2.05, 4.69) is 4.98 Å². The predicted molar refractivity (Wildman–Crippen MR) is 54.9 cm³/mol. The standard InChI is InChI=1S/C10H9N3O3/c1-12-4-7-8(10(14)15)11-5-13(7)9-6(12)2-3-16-9/h2-3,5H,4H2,1H3,(H,14,15). The highest BCUT2D eigenvalue weighted by atomic mass is 16.4. The first-order chi connectivity index (χ1) is 7.68. The van der Waals surface area contributed by atoms with Gasteiger partial charge in [0, 0.05) is 13.1 Å². The maximum absolute atomic E-state index is 11.0. The molecule has 0 aliphatic carbocycles. The number of aromatic nitrogens is 2. The van der Waals surface area contributed by atoms with Gasteiger partial charge in [-0.1, -0.05) is 0 Å². The minimum absolute atomic E-state index is 0.0777. The topological polar surface area (TPSA) is 71.5 Å². The molecule has 0 bridgehead atoms. The molecule has 0 unspecified atom stereocenters. The Hall–Kier alpha value is -2.24. The van der Waals surface area contributed by atoms with Crippen LogP contribution in [0.15, 0.2) is 23.1 Å². The molecule has 6 heteroatoms. The van der Waals surface area contributed by atoms with Crippen molar-refractivity contribution in [3.63, 3.8) is 0 Å². The summed E-state index contributed by atoms with van der Waals surface area (Å²) < 4.78 is 7.01. The van der Waals surface area contributed by atoms with Crippen molar-refractivity contribution in [1.82, 2.24) is 9.55 Å². The number of aromatic carboxylic acids is 1. The fraction of sp³-hybridized carbons (Fsp3) is 0.200. The number of rotatable bonds is 1. The Bertz CT molecular complexity index is 570. The molecular weight excluding hydrogens is 210 g/mol. The van der Waals surface area contributed by atoms with Gasteiger partial charge in [-0.3, -0.25) is 4.57 Å². The van der Waals surface area contributed by atoms with Crippen molar-refractivity contribution in [1.29, 1.82) is 0 Å². The lowest BCUT2D eigenvalue weighted by Crippen LogP contribution is -2.25. The summed E-state index contributed by atoms with van der Waals surface area (Å²) in [6.45, 7) is 0.508. The summed E-state index contributed by atoms with van der Waals surface area (Å²) in [5.74, 6) is -0.402. The van der Waals surface area contributed by atoms with Crippen molar-refractivity contribution in [3.05, 3.63) is 30.0 Å². The van der Waals surface area contributed by atoms with Crippen molar-refractivity contribution in [2.75, 3.05) is 11.9 Å². The predicted octanol–water partition coefficient (Wildman–Crippen LogP) is 1.11. The van der Waals surface area contributed by atoms with Gasteiger partial charge in [0.1, 0.15) is 12.0 Å². The fourth-order valence-electron chi connectivity index (χ4n) is 1.95. The molecule has 16 heavy (non-hydrogen) atoms. The van der Waals surface area contributed by atoms with Gasteiger partial charge >= 0.3 is 5.97 Å². The Morgan fingerprint density at radius 3 is 3.19 bits per heavy atom. The first kappa shape index (κ1) is 9.02. The summed E-state index contributed by atoms with van der Waals surface area (Å²) in [4.78, 5) is 16.8. The van der Waals surface area contributed by atoms with Crippen molar-refractivity contribution in [2.24, 2.45) is 0 Å². The number of imidazole rings is 1. The fourth-order valence-corrected chi connectivity index (χ4v) is 1.95. The summed E-state index contributed by atoms with van der Waals surface area (Å²) in [6.07, 6.45) is 3.06. The largest absolute Gasteiger partial charge is 0.476 e. The highest BCUT2D eigenvalue weighted by Crippen LogP contribution is 2.32. The first-order valence-electron chi connectivity index (χ1n) is 4.77. The normalized spacial score (nSPS) is 13.4. The van der Waals surface area contributed by atoms with E-state index in [0.29, 0.717) is 18.1 Å². The van der Waals surface area contributed by atoms with Gasteiger partial charge in [0.2, 0.25) is 5.88 Å². The van der Waals surface area contributed by atoms with Crippen LogP contribution in [0.3, 0.4) is 0 Å². The summed E-state index contributed by atoms with van der Waals surface area (Å²) in [5.41, 5.74) is 1.65. The molecule has 1 aliphatic heterocycles. The molecule has 0 saturated carbocycles. The minimum atomic E-state index is -1.02. The lowest BCUT2D eigenvalue weighted by atomic mass is 10.2. The van der Waals surface area contributed by atoms with E-state index in [9.17, 15) is 4.79 Å². The summed E-state index contributed by atoms with van der Waals surface area (Å²) >= 11 is 0. The van der Waals surface area contributed by atoms with Gasteiger partial charge in [-0.2, -0.15) is 0 Å². The molecule has 1 N–H and O–H groups in total. The zero-order valence-corrected chi connectivity index (χ0v) is 8.54. The van der Waals surface area contributed by atoms with E-state index >= 15 is 0 Å². The van der Waals surface area contributed by atoms with Gasteiger partial charge < -0.3 is 14.4 Å². The summed E-state index contributed by atoms with van der Waals surface area (Å²) in [6, 6.07) is 1.85.